The van der Waals surface area contributed by atoms with Crippen LogP contribution in [0.15, 0.2) is 30.6 Å². The zero-order valence-corrected chi connectivity index (χ0v) is 7.82. The van der Waals surface area contributed by atoms with Crippen molar-refractivity contribution in [2.75, 3.05) is 0 Å². The van der Waals surface area contributed by atoms with E-state index < -0.39 is 17.7 Å². The number of pyridine rings is 1. The van der Waals surface area contributed by atoms with Gasteiger partial charge in [0.05, 0.1) is 11.1 Å². The van der Waals surface area contributed by atoms with Gasteiger partial charge in [0.25, 0.3) is 0 Å². The predicted molar refractivity (Wildman–Crippen MR) is 49.4 cm³/mol. The Labute approximate surface area is 87.7 Å². The van der Waals surface area contributed by atoms with E-state index in [0.717, 1.165) is 22.9 Å². The Bertz CT molecular complexity index is 557. The summed E-state index contributed by atoms with van der Waals surface area (Å²) in [5.74, 6) is -1.18. The number of fused-ring (bicyclic) bond motifs is 1. The largest absolute Gasteiger partial charge is 0.478 e. The molecule has 2 aromatic rings. The second-order valence-electron chi connectivity index (χ2n) is 3.28. The molecule has 0 aliphatic rings. The number of carboxylic acids is 1. The molecule has 0 spiro atoms. The van der Waals surface area contributed by atoms with Crippen LogP contribution in [-0.4, -0.2) is 15.5 Å². The predicted octanol–water partition coefficient (Wildman–Crippen LogP) is 2.66. The van der Waals surface area contributed by atoms with Gasteiger partial charge in [0.2, 0.25) is 0 Å². The number of nitrogens with zero attached hydrogens (tertiary/aromatic N) is 1. The summed E-state index contributed by atoms with van der Waals surface area (Å²) in [6.45, 7) is 0. The van der Waals surface area contributed by atoms with Gasteiger partial charge in [-0.2, -0.15) is 13.2 Å². The third-order valence-corrected chi connectivity index (χ3v) is 2.17. The molecule has 0 bridgehead atoms. The number of carboxylic acid groups (broad SMARTS) is 1. The fourth-order valence-electron chi connectivity index (χ4n) is 1.39. The van der Waals surface area contributed by atoms with E-state index in [2.05, 4.69) is 0 Å². The van der Waals surface area contributed by atoms with E-state index >= 15 is 0 Å². The Kier molecular flexibility index (Phi) is 2.15. The van der Waals surface area contributed by atoms with Gasteiger partial charge in [0.15, 0.2) is 0 Å². The number of hydrogen-bond donors (Lipinski definition) is 1. The molecule has 2 aromatic heterocycles. The van der Waals surface area contributed by atoms with E-state index in [1.54, 1.807) is 0 Å². The van der Waals surface area contributed by atoms with Crippen molar-refractivity contribution in [3.8, 4) is 0 Å². The lowest BCUT2D eigenvalue weighted by Crippen LogP contribution is -2.02. The molecule has 16 heavy (non-hydrogen) atoms. The summed E-state index contributed by atoms with van der Waals surface area (Å²) in [6, 6.07) is 3.56. The van der Waals surface area contributed by atoms with Crippen molar-refractivity contribution in [1.82, 2.24) is 4.40 Å². The molecule has 0 fully saturated rings. The minimum Gasteiger partial charge on any atom is -0.478 e. The third kappa shape index (κ3) is 1.73. The van der Waals surface area contributed by atoms with Gasteiger partial charge in [-0.1, -0.05) is 0 Å². The lowest BCUT2D eigenvalue weighted by molar-refractivity contribution is -0.137. The average Bonchev–Trinajstić information content (AvgIpc) is 2.58. The van der Waals surface area contributed by atoms with Gasteiger partial charge in [-0.25, -0.2) is 4.79 Å². The monoisotopic (exact) mass is 229 g/mol. The maximum Gasteiger partial charge on any atom is 0.417 e. The quantitative estimate of drug-likeness (QED) is 0.816. The van der Waals surface area contributed by atoms with Crippen LogP contribution in [0.2, 0.25) is 0 Å². The van der Waals surface area contributed by atoms with E-state index in [4.69, 9.17) is 5.11 Å². The van der Waals surface area contributed by atoms with Gasteiger partial charge in [-0.15, -0.1) is 0 Å². The smallest absolute Gasteiger partial charge is 0.417 e. The maximum atomic E-state index is 12.4. The highest BCUT2D eigenvalue weighted by Gasteiger charge is 2.31. The fraction of sp³-hybridized carbons (Fsp3) is 0.100. The van der Waals surface area contributed by atoms with E-state index in [1.165, 1.54) is 12.1 Å². The Hall–Kier alpha value is -1.98. The lowest BCUT2D eigenvalue weighted by Gasteiger charge is -2.00. The molecular weight excluding hydrogens is 223 g/mol. The normalized spacial score (nSPS) is 11.9. The first kappa shape index (κ1) is 10.5. The van der Waals surface area contributed by atoms with Crippen LogP contribution in [-0.2, 0) is 6.18 Å². The second-order valence-corrected chi connectivity index (χ2v) is 3.28. The Morgan fingerprint density at radius 3 is 2.50 bits per heavy atom. The summed E-state index contributed by atoms with van der Waals surface area (Å²) in [5, 5.41) is 8.68. The maximum absolute atomic E-state index is 12.4. The standard InChI is InChI=1S/C10H6F3NO2/c11-10(12,13)7-3-8-2-1-6(9(15)16)4-14(8)5-7/h1-5H,(H,15,16). The first-order chi connectivity index (χ1) is 7.38. The van der Waals surface area contributed by atoms with Crippen LogP contribution in [0.3, 0.4) is 0 Å². The summed E-state index contributed by atoms with van der Waals surface area (Å²) >= 11 is 0. The molecule has 2 rings (SSSR count). The van der Waals surface area contributed by atoms with Gasteiger partial charge in [0.1, 0.15) is 0 Å². The molecule has 84 valence electrons. The van der Waals surface area contributed by atoms with Gasteiger partial charge >= 0.3 is 12.1 Å². The Morgan fingerprint density at radius 1 is 1.25 bits per heavy atom. The number of carbonyl (C=O) groups is 1. The van der Waals surface area contributed by atoms with Crippen LogP contribution >= 0.6 is 0 Å². The van der Waals surface area contributed by atoms with Gasteiger partial charge < -0.3 is 9.51 Å². The minimum atomic E-state index is -4.42. The summed E-state index contributed by atoms with van der Waals surface area (Å²) in [7, 11) is 0. The van der Waals surface area contributed by atoms with Gasteiger partial charge in [-0.3, -0.25) is 0 Å². The molecule has 0 aliphatic heterocycles. The molecule has 0 aliphatic carbocycles. The van der Waals surface area contributed by atoms with Crippen LogP contribution < -0.4 is 0 Å². The van der Waals surface area contributed by atoms with Crippen LogP contribution in [0, 0.1) is 0 Å². The Balaban J connectivity index is 2.59. The lowest BCUT2D eigenvalue weighted by atomic mass is 10.2. The number of rotatable bonds is 1. The van der Waals surface area contributed by atoms with E-state index in [9.17, 15) is 18.0 Å². The molecule has 0 atom stereocenters. The van der Waals surface area contributed by atoms with E-state index in [1.807, 2.05) is 0 Å². The second kappa shape index (κ2) is 3.26. The van der Waals surface area contributed by atoms with Crippen molar-refractivity contribution in [3.05, 3.63) is 41.7 Å². The van der Waals surface area contributed by atoms with Crippen molar-refractivity contribution in [2.45, 2.75) is 6.18 Å². The van der Waals surface area contributed by atoms with Crippen LogP contribution in [0.4, 0.5) is 13.2 Å². The number of aromatic carboxylic acids is 1. The SMILES string of the molecule is O=C(O)c1ccc2cc(C(F)(F)F)cn2c1. The summed E-state index contributed by atoms with van der Waals surface area (Å²) < 4.78 is 38.2. The van der Waals surface area contributed by atoms with Crippen molar-refractivity contribution in [2.24, 2.45) is 0 Å². The average molecular weight is 229 g/mol. The topological polar surface area (TPSA) is 41.7 Å². The molecule has 0 aromatic carbocycles. The zero-order valence-electron chi connectivity index (χ0n) is 7.82. The third-order valence-electron chi connectivity index (χ3n) is 2.17. The summed E-state index contributed by atoms with van der Waals surface area (Å²) in [5.41, 5.74) is -0.552. The van der Waals surface area contributed by atoms with Crippen molar-refractivity contribution in [3.63, 3.8) is 0 Å². The molecule has 0 saturated carbocycles. The van der Waals surface area contributed by atoms with Crippen molar-refractivity contribution in [1.29, 1.82) is 0 Å². The number of aromatic nitrogens is 1. The molecule has 0 amide bonds. The summed E-state index contributed by atoms with van der Waals surface area (Å²) in [4.78, 5) is 10.6. The first-order valence-electron chi connectivity index (χ1n) is 4.30. The first-order valence-corrected chi connectivity index (χ1v) is 4.30. The number of halogens is 3. The molecule has 0 saturated heterocycles. The van der Waals surface area contributed by atoms with Crippen molar-refractivity contribution < 1.29 is 23.1 Å². The number of hydrogen-bond acceptors (Lipinski definition) is 1. The highest BCUT2D eigenvalue weighted by atomic mass is 19.4. The van der Waals surface area contributed by atoms with E-state index in [0.29, 0.717) is 5.52 Å². The zero-order chi connectivity index (χ0) is 11.9. The number of alkyl halides is 3. The van der Waals surface area contributed by atoms with Gasteiger partial charge in [-0.05, 0) is 18.2 Å². The van der Waals surface area contributed by atoms with Gasteiger partial charge in [0, 0.05) is 17.9 Å². The minimum absolute atomic E-state index is 0.0585. The molecule has 6 heteroatoms. The Morgan fingerprint density at radius 2 is 1.94 bits per heavy atom. The van der Waals surface area contributed by atoms with Crippen molar-refractivity contribution >= 4 is 11.5 Å². The summed E-state index contributed by atoms with van der Waals surface area (Å²) in [6.07, 6.45) is -2.41. The highest BCUT2D eigenvalue weighted by molar-refractivity contribution is 5.87. The van der Waals surface area contributed by atoms with Crippen LogP contribution in [0.5, 0.6) is 0 Å². The highest BCUT2D eigenvalue weighted by Crippen LogP contribution is 2.30. The molecule has 0 unspecified atom stereocenters. The molecule has 0 radical (unpaired) electrons. The molecule has 1 N–H and O–H groups in total. The van der Waals surface area contributed by atoms with Crippen LogP contribution in [0.1, 0.15) is 15.9 Å². The van der Waals surface area contributed by atoms with Crippen LogP contribution in [0.25, 0.3) is 5.52 Å². The molecule has 2 heterocycles. The van der Waals surface area contributed by atoms with E-state index in [-0.39, 0.29) is 5.56 Å². The fourth-order valence-corrected chi connectivity index (χ4v) is 1.39. The molecular formula is C10H6F3NO2. The molecule has 3 nitrogen and oxygen atoms in total.